The maximum Gasteiger partial charge on any atom is 0.471 e. The first-order chi connectivity index (χ1) is 19.2. The summed E-state index contributed by atoms with van der Waals surface area (Å²) < 4.78 is 41.7. The van der Waals surface area contributed by atoms with Gasteiger partial charge in [0.1, 0.15) is 0 Å². The molecular weight excluding hydrogens is 539 g/mol. The van der Waals surface area contributed by atoms with Gasteiger partial charge >= 0.3 is 12.1 Å². The van der Waals surface area contributed by atoms with E-state index < -0.39 is 24.2 Å². The lowest BCUT2D eigenvalue weighted by Crippen LogP contribution is -2.55. The Labute approximate surface area is 235 Å². The Bertz CT molecular complexity index is 1510. The minimum absolute atomic E-state index is 0.200. The van der Waals surface area contributed by atoms with Gasteiger partial charge in [-0.2, -0.15) is 13.2 Å². The van der Waals surface area contributed by atoms with Crippen molar-refractivity contribution in [3.8, 4) is 0 Å². The molecule has 4 aromatic rings. The van der Waals surface area contributed by atoms with E-state index in [1.165, 1.54) is 0 Å². The normalized spacial score (nSPS) is 17.6. The number of rotatable bonds is 6. The van der Waals surface area contributed by atoms with Crippen LogP contribution < -0.4 is 0 Å². The molecule has 2 unspecified atom stereocenters. The summed E-state index contributed by atoms with van der Waals surface area (Å²) in [5.74, 6) is -2.12. The van der Waals surface area contributed by atoms with Crippen molar-refractivity contribution >= 4 is 34.3 Å². The summed E-state index contributed by atoms with van der Waals surface area (Å²) >= 11 is 6.13. The fourth-order valence-electron chi connectivity index (χ4n) is 5.45. The van der Waals surface area contributed by atoms with Crippen LogP contribution in [0.2, 0.25) is 5.02 Å². The largest absolute Gasteiger partial charge is 0.471 e. The van der Waals surface area contributed by atoms with E-state index in [1.54, 1.807) is 65.7 Å². The molecule has 0 aliphatic carbocycles. The molecule has 40 heavy (non-hydrogen) atoms. The molecular formula is C31H27ClF3N3O2. The number of piperidine rings is 1. The number of carbonyl (C=O) groups is 2. The third-order valence-electron chi connectivity index (χ3n) is 7.36. The van der Waals surface area contributed by atoms with Gasteiger partial charge in [-0.15, -0.1) is 0 Å². The van der Waals surface area contributed by atoms with Gasteiger partial charge in [0.2, 0.25) is 0 Å². The van der Waals surface area contributed by atoms with E-state index in [-0.39, 0.29) is 31.8 Å². The summed E-state index contributed by atoms with van der Waals surface area (Å²) in [6, 6.07) is 23.8. The van der Waals surface area contributed by atoms with Crippen LogP contribution in [0.4, 0.5) is 13.2 Å². The minimum atomic E-state index is -5.04. The monoisotopic (exact) mass is 565 g/mol. The molecule has 1 saturated heterocycles. The van der Waals surface area contributed by atoms with E-state index >= 15 is 0 Å². The number of likely N-dealkylation sites (tertiary alicyclic amines) is 1. The molecule has 2 atom stereocenters. The van der Waals surface area contributed by atoms with Crippen molar-refractivity contribution in [2.24, 2.45) is 0 Å². The SMILES string of the molecule is O=C(c1cccc(Cl)c1)N1CCC(N(Cc2ccnc3ccccc23)C(=O)C(F)(F)F)CC1Cc1ccccc1. The lowest BCUT2D eigenvalue weighted by molar-refractivity contribution is -0.189. The first kappa shape index (κ1) is 27.6. The highest BCUT2D eigenvalue weighted by Gasteiger charge is 2.46. The lowest BCUT2D eigenvalue weighted by Gasteiger charge is -2.44. The van der Waals surface area contributed by atoms with Crippen LogP contribution in [0.1, 0.15) is 34.3 Å². The number of alkyl halides is 3. The van der Waals surface area contributed by atoms with Crippen molar-refractivity contribution in [1.29, 1.82) is 0 Å². The third-order valence-corrected chi connectivity index (χ3v) is 7.59. The van der Waals surface area contributed by atoms with Gasteiger partial charge in [-0.05, 0) is 60.7 Å². The third kappa shape index (κ3) is 6.12. The van der Waals surface area contributed by atoms with Gasteiger partial charge in [0.25, 0.3) is 5.91 Å². The smallest absolute Gasteiger partial charge is 0.335 e. The molecule has 1 aromatic heterocycles. The van der Waals surface area contributed by atoms with Crippen LogP contribution in [-0.2, 0) is 17.8 Å². The van der Waals surface area contributed by atoms with Crippen molar-refractivity contribution in [3.63, 3.8) is 0 Å². The molecule has 2 amide bonds. The lowest BCUT2D eigenvalue weighted by atomic mass is 9.90. The van der Waals surface area contributed by atoms with E-state index in [0.717, 1.165) is 10.5 Å². The van der Waals surface area contributed by atoms with Crippen molar-refractivity contribution < 1.29 is 22.8 Å². The van der Waals surface area contributed by atoms with E-state index in [0.29, 0.717) is 33.5 Å². The molecule has 0 spiro atoms. The Morgan fingerprint density at radius 3 is 2.48 bits per heavy atom. The summed E-state index contributed by atoms with van der Waals surface area (Å²) in [6.45, 7) is -0.0153. The van der Waals surface area contributed by atoms with Crippen molar-refractivity contribution in [3.05, 3.63) is 113 Å². The Kier molecular flexibility index (Phi) is 8.07. The minimum Gasteiger partial charge on any atom is -0.335 e. The van der Waals surface area contributed by atoms with Crippen molar-refractivity contribution in [1.82, 2.24) is 14.8 Å². The van der Waals surface area contributed by atoms with Gasteiger partial charge in [0, 0.05) is 47.3 Å². The molecule has 0 radical (unpaired) electrons. The molecule has 9 heteroatoms. The van der Waals surface area contributed by atoms with Crippen LogP contribution in [0.15, 0.2) is 91.1 Å². The standard InChI is InChI=1S/C31H27ClF3N3O2/c32-24-10-6-9-22(18-24)29(39)37-16-14-25(19-26(37)17-21-7-2-1-3-8-21)38(30(40)31(33,34)35)20-23-13-15-36-28-12-5-4-11-27(23)28/h1-13,15,18,25-26H,14,16-17,19-20H2. The fraction of sp³-hybridized carbons (Fsp3) is 0.258. The summed E-state index contributed by atoms with van der Waals surface area (Å²) in [5, 5.41) is 1.12. The van der Waals surface area contributed by atoms with Crippen LogP contribution in [0, 0.1) is 0 Å². The average molecular weight is 566 g/mol. The second-order valence-corrected chi connectivity index (χ2v) is 10.4. The first-order valence-corrected chi connectivity index (χ1v) is 13.4. The molecule has 3 aromatic carbocycles. The summed E-state index contributed by atoms with van der Waals surface area (Å²) in [4.78, 5) is 33.3. The molecule has 5 rings (SSSR count). The topological polar surface area (TPSA) is 53.5 Å². The van der Waals surface area contributed by atoms with Gasteiger partial charge in [-0.1, -0.05) is 66.2 Å². The van der Waals surface area contributed by atoms with Gasteiger partial charge in [0.05, 0.1) is 5.52 Å². The number of amides is 2. The molecule has 2 heterocycles. The maximum atomic E-state index is 13.9. The summed E-state index contributed by atoms with van der Waals surface area (Å²) in [7, 11) is 0. The number of para-hydroxylation sites is 1. The van der Waals surface area contributed by atoms with Gasteiger partial charge < -0.3 is 9.80 Å². The molecule has 1 aliphatic heterocycles. The molecule has 5 nitrogen and oxygen atoms in total. The van der Waals surface area contributed by atoms with Crippen LogP contribution in [0.25, 0.3) is 10.9 Å². The van der Waals surface area contributed by atoms with Crippen LogP contribution in [0.3, 0.4) is 0 Å². The van der Waals surface area contributed by atoms with Gasteiger partial charge in [-0.3, -0.25) is 14.6 Å². The summed E-state index contributed by atoms with van der Waals surface area (Å²) in [6.07, 6.45) is -2.64. The quantitative estimate of drug-likeness (QED) is 0.262. The predicted octanol–water partition coefficient (Wildman–Crippen LogP) is 6.70. The highest BCUT2D eigenvalue weighted by molar-refractivity contribution is 6.31. The van der Waals surface area contributed by atoms with E-state index in [4.69, 9.17) is 11.6 Å². The van der Waals surface area contributed by atoms with Gasteiger partial charge in [0.15, 0.2) is 0 Å². The fourth-order valence-corrected chi connectivity index (χ4v) is 5.64. The second-order valence-electron chi connectivity index (χ2n) is 9.95. The number of benzene rings is 3. The molecule has 206 valence electrons. The van der Waals surface area contributed by atoms with Gasteiger partial charge in [-0.25, -0.2) is 0 Å². The molecule has 0 bridgehead atoms. The zero-order valence-corrected chi connectivity index (χ0v) is 22.3. The maximum absolute atomic E-state index is 13.9. The molecule has 0 saturated carbocycles. The Hall–Kier alpha value is -3.91. The molecule has 0 N–H and O–H groups in total. The van der Waals surface area contributed by atoms with Crippen LogP contribution in [-0.4, -0.2) is 51.4 Å². The van der Waals surface area contributed by atoms with E-state index in [1.807, 2.05) is 30.3 Å². The molecule has 1 fully saturated rings. The number of nitrogens with zero attached hydrogens (tertiary/aromatic N) is 3. The Morgan fingerprint density at radius 2 is 1.73 bits per heavy atom. The van der Waals surface area contributed by atoms with Crippen LogP contribution >= 0.6 is 11.6 Å². The molecule has 1 aliphatic rings. The highest BCUT2D eigenvalue weighted by atomic mass is 35.5. The van der Waals surface area contributed by atoms with Crippen LogP contribution in [0.5, 0.6) is 0 Å². The Morgan fingerprint density at radius 1 is 0.975 bits per heavy atom. The van der Waals surface area contributed by atoms with Crippen molar-refractivity contribution in [2.45, 2.75) is 44.1 Å². The second kappa shape index (κ2) is 11.7. The average Bonchev–Trinajstić information content (AvgIpc) is 2.95. The van der Waals surface area contributed by atoms with E-state index in [2.05, 4.69) is 4.98 Å². The predicted molar refractivity (Wildman–Crippen MR) is 148 cm³/mol. The number of halogens is 4. The zero-order valence-electron chi connectivity index (χ0n) is 21.5. The number of aromatic nitrogens is 1. The number of pyridine rings is 1. The number of hydrogen-bond donors (Lipinski definition) is 0. The first-order valence-electron chi connectivity index (χ1n) is 13.0. The van der Waals surface area contributed by atoms with Crippen molar-refractivity contribution in [2.75, 3.05) is 6.54 Å². The zero-order chi connectivity index (χ0) is 28.3. The number of fused-ring (bicyclic) bond motifs is 1. The van der Waals surface area contributed by atoms with E-state index in [9.17, 15) is 22.8 Å². The Balaban J connectivity index is 1.48. The highest BCUT2D eigenvalue weighted by Crippen LogP contribution is 2.32. The number of hydrogen-bond acceptors (Lipinski definition) is 3. The summed E-state index contributed by atoms with van der Waals surface area (Å²) in [5.41, 5.74) is 2.59. The number of carbonyl (C=O) groups excluding carboxylic acids is 2.